The van der Waals surface area contributed by atoms with E-state index in [-0.39, 0.29) is 23.3 Å². The predicted molar refractivity (Wildman–Crippen MR) is 85.2 cm³/mol. The molecule has 0 aromatic carbocycles. The molecule has 0 spiro atoms. The molecule has 3 N–H and O–H groups in total. The van der Waals surface area contributed by atoms with Gasteiger partial charge in [-0.3, -0.25) is 4.98 Å². The molecule has 2 aliphatic rings. The van der Waals surface area contributed by atoms with E-state index in [1.54, 1.807) is 12.1 Å². The SMILES string of the molecule is NC1CC2CNC(c3ccc(-c4cnccc4C(F)(F)F)nn3)C2C1. The summed E-state index contributed by atoms with van der Waals surface area (Å²) in [5.41, 5.74) is 6.15. The third kappa shape index (κ3) is 3.00. The van der Waals surface area contributed by atoms with Crippen LogP contribution in [-0.2, 0) is 6.18 Å². The van der Waals surface area contributed by atoms with Gasteiger partial charge in [0.2, 0.25) is 0 Å². The highest BCUT2D eigenvalue weighted by molar-refractivity contribution is 5.62. The van der Waals surface area contributed by atoms with E-state index in [2.05, 4.69) is 20.5 Å². The maximum atomic E-state index is 13.1. The lowest BCUT2D eigenvalue weighted by Crippen LogP contribution is -2.24. The van der Waals surface area contributed by atoms with E-state index in [0.29, 0.717) is 11.8 Å². The molecule has 1 saturated carbocycles. The molecule has 5 nitrogen and oxygen atoms in total. The smallest absolute Gasteiger partial charge is 0.328 e. The zero-order valence-corrected chi connectivity index (χ0v) is 13.4. The fourth-order valence-electron chi connectivity index (χ4n) is 4.10. The second kappa shape index (κ2) is 6.03. The molecule has 8 heteroatoms. The van der Waals surface area contributed by atoms with Crippen LogP contribution in [0.4, 0.5) is 13.2 Å². The van der Waals surface area contributed by atoms with Gasteiger partial charge in [0.05, 0.1) is 23.0 Å². The average Bonchev–Trinajstić information content (AvgIpc) is 3.13. The fourth-order valence-corrected chi connectivity index (χ4v) is 4.10. The molecule has 25 heavy (non-hydrogen) atoms. The standard InChI is InChI=1S/C17H18F3N5/c18-17(19,20)13-3-4-22-8-12(13)14-1-2-15(25-24-14)16-11-6-10(21)5-9(11)7-23-16/h1-4,8-11,16,23H,5-7,21H2. The molecule has 1 saturated heterocycles. The molecule has 3 heterocycles. The van der Waals surface area contributed by atoms with Gasteiger partial charge in [0.1, 0.15) is 0 Å². The van der Waals surface area contributed by atoms with E-state index in [1.165, 1.54) is 6.20 Å². The topological polar surface area (TPSA) is 76.7 Å². The van der Waals surface area contributed by atoms with Crippen molar-refractivity contribution in [1.82, 2.24) is 20.5 Å². The average molecular weight is 349 g/mol. The zero-order valence-electron chi connectivity index (χ0n) is 13.4. The van der Waals surface area contributed by atoms with Gasteiger partial charge in [-0.05, 0) is 49.4 Å². The van der Waals surface area contributed by atoms with Crippen molar-refractivity contribution in [3.8, 4) is 11.3 Å². The summed E-state index contributed by atoms with van der Waals surface area (Å²) in [4.78, 5) is 3.79. The number of hydrogen-bond donors (Lipinski definition) is 2. The Kier molecular flexibility index (Phi) is 3.96. The fraction of sp³-hybridized carbons (Fsp3) is 0.471. The summed E-state index contributed by atoms with van der Waals surface area (Å²) in [5.74, 6) is 0.955. The van der Waals surface area contributed by atoms with Crippen LogP contribution >= 0.6 is 0 Å². The van der Waals surface area contributed by atoms with Crippen LogP contribution in [0.5, 0.6) is 0 Å². The highest BCUT2D eigenvalue weighted by Crippen LogP contribution is 2.43. The van der Waals surface area contributed by atoms with Gasteiger partial charge in [-0.15, -0.1) is 0 Å². The first-order valence-corrected chi connectivity index (χ1v) is 8.27. The summed E-state index contributed by atoms with van der Waals surface area (Å²) < 4.78 is 39.4. The van der Waals surface area contributed by atoms with E-state index < -0.39 is 11.7 Å². The molecule has 0 radical (unpaired) electrons. The molecule has 132 valence electrons. The van der Waals surface area contributed by atoms with Crippen LogP contribution in [-0.4, -0.2) is 27.8 Å². The molecule has 0 bridgehead atoms. The Hall–Kier alpha value is -2.06. The van der Waals surface area contributed by atoms with Crippen molar-refractivity contribution in [2.24, 2.45) is 17.6 Å². The number of alkyl halides is 3. The molecule has 1 aliphatic heterocycles. The van der Waals surface area contributed by atoms with Crippen molar-refractivity contribution in [1.29, 1.82) is 0 Å². The number of fused-ring (bicyclic) bond motifs is 1. The minimum Gasteiger partial charge on any atom is -0.328 e. The third-order valence-electron chi connectivity index (χ3n) is 5.22. The van der Waals surface area contributed by atoms with Crippen molar-refractivity contribution >= 4 is 0 Å². The summed E-state index contributed by atoms with van der Waals surface area (Å²) >= 11 is 0. The first-order valence-electron chi connectivity index (χ1n) is 8.27. The molecule has 2 aromatic rings. The number of pyridine rings is 1. The molecule has 4 atom stereocenters. The van der Waals surface area contributed by atoms with E-state index >= 15 is 0 Å². The third-order valence-corrected chi connectivity index (χ3v) is 5.22. The summed E-state index contributed by atoms with van der Waals surface area (Å²) in [6, 6.07) is 4.57. The van der Waals surface area contributed by atoms with Crippen molar-refractivity contribution in [3.63, 3.8) is 0 Å². The number of nitrogens with zero attached hydrogens (tertiary/aromatic N) is 3. The Morgan fingerprint density at radius 3 is 2.68 bits per heavy atom. The number of rotatable bonds is 2. The lowest BCUT2D eigenvalue weighted by molar-refractivity contribution is -0.137. The van der Waals surface area contributed by atoms with Crippen molar-refractivity contribution in [3.05, 3.63) is 41.9 Å². The van der Waals surface area contributed by atoms with Gasteiger partial charge in [-0.25, -0.2) is 0 Å². The monoisotopic (exact) mass is 349 g/mol. The first-order chi connectivity index (χ1) is 11.9. The van der Waals surface area contributed by atoms with Gasteiger partial charge in [0.25, 0.3) is 0 Å². The Morgan fingerprint density at radius 2 is 1.96 bits per heavy atom. The van der Waals surface area contributed by atoms with E-state index in [1.807, 2.05) is 0 Å². The first kappa shape index (κ1) is 16.4. The van der Waals surface area contributed by atoms with E-state index in [0.717, 1.165) is 37.3 Å². The lowest BCUT2D eigenvalue weighted by atomic mass is 9.92. The predicted octanol–water partition coefficient (Wildman–Crippen LogP) is 2.56. The highest BCUT2D eigenvalue weighted by Gasteiger charge is 2.43. The largest absolute Gasteiger partial charge is 0.417 e. The van der Waals surface area contributed by atoms with Crippen LogP contribution in [0.1, 0.15) is 30.1 Å². The quantitative estimate of drug-likeness (QED) is 0.871. The van der Waals surface area contributed by atoms with Crippen LogP contribution in [0.15, 0.2) is 30.6 Å². The molecule has 1 aliphatic carbocycles. The number of aromatic nitrogens is 3. The van der Waals surface area contributed by atoms with Crippen molar-refractivity contribution in [2.45, 2.75) is 31.1 Å². The number of hydrogen-bond acceptors (Lipinski definition) is 5. The highest BCUT2D eigenvalue weighted by atomic mass is 19.4. The van der Waals surface area contributed by atoms with Crippen LogP contribution in [0.2, 0.25) is 0 Å². The van der Waals surface area contributed by atoms with E-state index in [4.69, 9.17) is 5.73 Å². The van der Waals surface area contributed by atoms with E-state index in [9.17, 15) is 13.2 Å². The van der Waals surface area contributed by atoms with Crippen molar-refractivity contribution < 1.29 is 13.2 Å². The van der Waals surface area contributed by atoms with Crippen LogP contribution in [0.25, 0.3) is 11.3 Å². The summed E-state index contributed by atoms with van der Waals surface area (Å²) in [7, 11) is 0. The molecule has 4 unspecified atom stereocenters. The van der Waals surface area contributed by atoms with Crippen molar-refractivity contribution in [2.75, 3.05) is 6.54 Å². The maximum Gasteiger partial charge on any atom is 0.417 e. The van der Waals surface area contributed by atoms with Gasteiger partial charge < -0.3 is 11.1 Å². The molecule has 2 aromatic heterocycles. The number of nitrogens with two attached hydrogens (primary N) is 1. The second-order valence-electron chi connectivity index (χ2n) is 6.80. The number of halogens is 3. The van der Waals surface area contributed by atoms with Crippen LogP contribution in [0, 0.1) is 11.8 Å². The molecule has 0 amide bonds. The minimum absolute atomic E-state index is 0.0609. The van der Waals surface area contributed by atoms with Gasteiger partial charge in [-0.2, -0.15) is 23.4 Å². The van der Waals surface area contributed by atoms with Crippen LogP contribution in [0.3, 0.4) is 0 Å². The zero-order chi connectivity index (χ0) is 17.6. The molecular formula is C17H18F3N5. The molecular weight excluding hydrogens is 331 g/mol. The Balaban J connectivity index is 1.62. The normalized spacial score (nSPS) is 29.0. The summed E-state index contributed by atoms with van der Waals surface area (Å²) in [6.07, 6.45) is -0.220. The van der Waals surface area contributed by atoms with Gasteiger partial charge >= 0.3 is 6.18 Å². The van der Waals surface area contributed by atoms with Gasteiger partial charge in [-0.1, -0.05) is 0 Å². The Morgan fingerprint density at radius 1 is 1.12 bits per heavy atom. The lowest BCUT2D eigenvalue weighted by Gasteiger charge is -2.18. The summed E-state index contributed by atoms with van der Waals surface area (Å²) in [6.45, 7) is 0.896. The minimum atomic E-state index is -4.46. The Bertz CT molecular complexity index is 762. The van der Waals surface area contributed by atoms with Crippen LogP contribution < -0.4 is 11.1 Å². The molecule has 4 rings (SSSR count). The summed E-state index contributed by atoms with van der Waals surface area (Å²) in [5, 5.41) is 11.7. The van der Waals surface area contributed by atoms with Gasteiger partial charge in [0, 0.05) is 24.0 Å². The Labute approximate surface area is 142 Å². The number of nitrogens with one attached hydrogen (secondary N) is 1. The van der Waals surface area contributed by atoms with Gasteiger partial charge in [0.15, 0.2) is 0 Å². The molecule has 2 fully saturated rings. The second-order valence-corrected chi connectivity index (χ2v) is 6.80. The maximum absolute atomic E-state index is 13.1.